The van der Waals surface area contributed by atoms with Gasteiger partial charge in [-0.15, -0.1) is 0 Å². The van der Waals surface area contributed by atoms with Crippen molar-refractivity contribution in [3.05, 3.63) is 29.8 Å². The average Bonchev–Trinajstić information content (AvgIpc) is 3.07. The van der Waals surface area contributed by atoms with E-state index < -0.39 is 5.54 Å². The Bertz CT molecular complexity index is 535. The van der Waals surface area contributed by atoms with Crippen LogP contribution >= 0.6 is 0 Å². The van der Waals surface area contributed by atoms with Crippen LogP contribution in [0.25, 0.3) is 0 Å². The Morgan fingerprint density at radius 2 is 1.96 bits per heavy atom. The standard InChI is InChI=1S/C18H26N2O3/c19-18(9-11-22-12-10-18)17(21)20-13-14-5-1-4-8-16(14)23-15-6-2-3-7-15/h1,4-5,8,15H,2-3,6-7,9-13,19H2,(H,20,21). The zero-order valence-electron chi connectivity index (χ0n) is 13.6. The smallest absolute Gasteiger partial charge is 0.240 e. The molecule has 5 heteroatoms. The van der Waals surface area contributed by atoms with E-state index >= 15 is 0 Å². The van der Waals surface area contributed by atoms with Crippen LogP contribution in [0.1, 0.15) is 44.1 Å². The minimum Gasteiger partial charge on any atom is -0.490 e. The lowest BCUT2D eigenvalue weighted by molar-refractivity contribution is -0.129. The molecule has 3 N–H and O–H groups in total. The molecule has 0 aromatic heterocycles. The fourth-order valence-corrected chi connectivity index (χ4v) is 3.26. The lowest BCUT2D eigenvalue weighted by atomic mass is 9.90. The van der Waals surface area contributed by atoms with Crippen LogP contribution in [0.3, 0.4) is 0 Å². The van der Waals surface area contributed by atoms with Gasteiger partial charge in [-0.2, -0.15) is 0 Å². The quantitative estimate of drug-likeness (QED) is 0.872. The molecule has 126 valence electrons. The molecule has 0 bridgehead atoms. The van der Waals surface area contributed by atoms with Crippen molar-refractivity contribution in [2.75, 3.05) is 13.2 Å². The second-order valence-corrected chi connectivity index (χ2v) is 6.58. The molecule has 1 aromatic carbocycles. The summed E-state index contributed by atoms with van der Waals surface area (Å²) in [5.74, 6) is 0.772. The van der Waals surface area contributed by atoms with E-state index in [2.05, 4.69) is 5.32 Å². The summed E-state index contributed by atoms with van der Waals surface area (Å²) in [6, 6.07) is 7.92. The van der Waals surface area contributed by atoms with Crippen LogP contribution in [-0.2, 0) is 16.1 Å². The predicted molar refractivity (Wildman–Crippen MR) is 88.1 cm³/mol. The molecule has 0 radical (unpaired) electrons. The molecule has 1 heterocycles. The molecule has 1 saturated heterocycles. The molecule has 0 spiro atoms. The number of nitrogens with two attached hydrogens (primary N) is 1. The van der Waals surface area contributed by atoms with Gasteiger partial charge in [-0.1, -0.05) is 18.2 Å². The van der Waals surface area contributed by atoms with Crippen molar-refractivity contribution in [3.63, 3.8) is 0 Å². The molecule has 5 nitrogen and oxygen atoms in total. The van der Waals surface area contributed by atoms with E-state index in [4.69, 9.17) is 15.2 Å². The first kappa shape index (κ1) is 16.3. The van der Waals surface area contributed by atoms with Crippen molar-refractivity contribution in [1.82, 2.24) is 5.32 Å². The summed E-state index contributed by atoms with van der Waals surface area (Å²) in [7, 11) is 0. The highest BCUT2D eigenvalue weighted by Crippen LogP contribution is 2.27. The number of nitrogens with one attached hydrogen (secondary N) is 1. The summed E-state index contributed by atoms with van der Waals surface area (Å²) in [5.41, 5.74) is 6.41. The Morgan fingerprint density at radius 1 is 1.26 bits per heavy atom. The fourth-order valence-electron chi connectivity index (χ4n) is 3.26. The van der Waals surface area contributed by atoms with Crippen molar-refractivity contribution in [1.29, 1.82) is 0 Å². The van der Waals surface area contributed by atoms with E-state index in [9.17, 15) is 4.79 Å². The lowest BCUT2D eigenvalue weighted by Gasteiger charge is -2.31. The summed E-state index contributed by atoms with van der Waals surface area (Å²) in [5, 5.41) is 2.97. The normalized spacial score (nSPS) is 21.1. The molecular formula is C18H26N2O3. The third-order valence-corrected chi connectivity index (χ3v) is 4.85. The van der Waals surface area contributed by atoms with Gasteiger partial charge < -0.3 is 20.5 Å². The van der Waals surface area contributed by atoms with Gasteiger partial charge in [0.25, 0.3) is 0 Å². The van der Waals surface area contributed by atoms with Crippen LogP contribution in [0.4, 0.5) is 0 Å². The number of rotatable bonds is 5. The average molecular weight is 318 g/mol. The maximum atomic E-state index is 12.4. The van der Waals surface area contributed by atoms with Crippen LogP contribution in [0, 0.1) is 0 Å². The molecule has 0 atom stereocenters. The lowest BCUT2D eigenvalue weighted by Crippen LogP contribution is -2.56. The topological polar surface area (TPSA) is 73.6 Å². The van der Waals surface area contributed by atoms with Crippen LogP contribution in [0.15, 0.2) is 24.3 Å². The van der Waals surface area contributed by atoms with E-state index in [1.165, 1.54) is 12.8 Å². The van der Waals surface area contributed by atoms with Crippen LogP contribution < -0.4 is 15.8 Å². The number of benzene rings is 1. The summed E-state index contributed by atoms with van der Waals surface area (Å²) in [6.07, 6.45) is 6.16. The van der Waals surface area contributed by atoms with Gasteiger partial charge in [-0.05, 0) is 44.6 Å². The van der Waals surface area contributed by atoms with Gasteiger partial charge in [0.15, 0.2) is 0 Å². The number of ether oxygens (including phenoxy) is 2. The molecule has 1 aliphatic heterocycles. The summed E-state index contributed by atoms with van der Waals surface area (Å²) < 4.78 is 11.4. The minimum absolute atomic E-state index is 0.100. The number of carbonyl (C=O) groups is 1. The monoisotopic (exact) mass is 318 g/mol. The summed E-state index contributed by atoms with van der Waals surface area (Å²) in [6.45, 7) is 1.54. The molecular weight excluding hydrogens is 292 g/mol. The number of amides is 1. The Labute approximate surface area is 137 Å². The highest BCUT2D eigenvalue weighted by molar-refractivity contribution is 5.86. The Kier molecular flexibility index (Phi) is 5.18. The van der Waals surface area contributed by atoms with Gasteiger partial charge in [-0.3, -0.25) is 4.79 Å². The van der Waals surface area contributed by atoms with Crippen molar-refractivity contribution in [2.45, 2.75) is 56.7 Å². The molecule has 1 aliphatic carbocycles. The van der Waals surface area contributed by atoms with Gasteiger partial charge >= 0.3 is 0 Å². The van der Waals surface area contributed by atoms with Crippen LogP contribution in [0.2, 0.25) is 0 Å². The van der Waals surface area contributed by atoms with Crippen molar-refractivity contribution in [3.8, 4) is 5.75 Å². The maximum absolute atomic E-state index is 12.4. The SMILES string of the molecule is NC1(C(=O)NCc2ccccc2OC2CCCC2)CCOCC1. The summed E-state index contributed by atoms with van der Waals surface area (Å²) in [4.78, 5) is 12.4. The molecule has 2 fully saturated rings. The third kappa shape index (κ3) is 4.03. The van der Waals surface area contributed by atoms with Gasteiger partial charge in [0, 0.05) is 25.3 Å². The Balaban J connectivity index is 1.60. The molecule has 0 unspecified atom stereocenters. The molecule has 1 amide bonds. The van der Waals surface area contributed by atoms with E-state index in [0.29, 0.717) is 38.7 Å². The van der Waals surface area contributed by atoms with Gasteiger partial charge in [0.1, 0.15) is 5.75 Å². The molecule has 23 heavy (non-hydrogen) atoms. The third-order valence-electron chi connectivity index (χ3n) is 4.85. The Morgan fingerprint density at radius 3 is 2.70 bits per heavy atom. The van der Waals surface area contributed by atoms with Crippen LogP contribution in [-0.4, -0.2) is 30.8 Å². The number of hydrogen-bond acceptors (Lipinski definition) is 4. The first-order chi connectivity index (χ1) is 11.2. The number of hydrogen-bond donors (Lipinski definition) is 2. The Hall–Kier alpha value is -1.59. The minimum atomic E-state index is -0.806. The van der Waals surface area contributed by atoms with E-state index in [0.717, 1.165) is 24.2 Å². The predicted octanol–water partition coefficient (Wildman–Crippen LogP) is 2.13. The van der Waals surface area contributed by atoms with Gasteiger partial charge in [0.2, 0.25) is 5.91 Å². The largest absolute Gasteiger partial charge is 0.490 e. The number of carbonyl (C=O) groups excluding carboxylic acids is 1. The second-order valence-electron chi connectivity index (χ2n) is 6.58. The zero-order chi connectivity index (χ0) is 16.1. The zero-order valence-corrected chi connectivity index (χ0v) is 13.6. The maximum Gasteiger partial charge on any atom is 0.240 e. The van der Waals surface area contributed by atoms with Crippen molar-refractivity contribution < 1.29 is 14.3 Å². The van der Waals surface area contributed by atoms with Gasteiger partial charge in [-0.25, -0.2) is 0 Å². The van der Waals surface area contributed by atoms with E-state index in [1.807, 2.05) is 24.3 Å². The fraction of sp³-hybridized carbons (Fsp3) is 0.611. The highest BCUT2D eigenvalue weighted by atomic mass is 16.5. The van der Waals surface area contributed by atoms with E-state index in [1.54, 1.807) is 0 Å². The first-order valence-electron chi connectivity index (χ1n) is 8.57. The molecule has 3 rings (SSSR count). The van der Waals surface area contributed by atoms with Crippen molar-refractivity contribution >= 4 is 5.91 Å². The first-order valence-corrected chi connectivity index (χ1v) is 8.57. The molecule has 2 aliphatic rings. The van der Waals surface area contributed by atoms with E-state index in [-0.39, 0.29) is 5.91 Å². The summed E-state index contributed by atoms with van der Waals surface area (Å²) >= 11 is 0. The van der Waals surface area contributed by atoms with Crippen LogP contribution in [0.5, 0.6) is 5.75 Å². The van der Waals surface area contributed by atoms with Gasteiger partial charge in [0.05, 0.1) is 11.6 Å². The second kappa shape index (κ2) is 7.32. The number of para-hydroxylation sites is 1. The molecule has 1 saturated carbocycles. The molecule has 1 aromatic rings. The highest BCUT2D eigenvalue weighted by Gasteiger charge is 2.35. The van der Waals surface area contributed by atoms with Crippen molar-refractivity contribution in [2.24, 2.45) is 5.73 Å².